The highest BCUT2D eigenvalue weighted by atomic mass is 19.1. The lowest BCUT2D eigenvalue weighted by molar-refractivity contribution is 0.0653. The summed E-state index contributed by atoms with van der Waals surface area (Å²) in [6, 6.07) is 2.41. The zero-order valence-electron chi connectivity index (χ0n) is 6.01. The smallest absolute Gasteiger partial charge is 0.338 e. The summed E-state index contributed by atoms with van der Waals surface area (Å²) in [7, 11) is 2.83. The van der Waals surface area contributed by atoms with Gasteiger partial charge in [0.2, 0.25) is 0 Å². The van der Waals surface area contributed by atoms with Crippen LogP contribution >= 0.6 is 0 Å². The number of rotatable bonds is 1. The number of carbonyl (C=O) groups excluding carboxylic acids is 1. The number of ether oxygens (including phenoxy) is 1. The van der Waals surface area contributed by atoms with Crippen LogP contribution < -0.4 is 0 Å². The Bertz CT molecular complexity index is 290. The molecule has 2 nitrogen and oxygen atoms in total. The van der Waals surface area contributed by atoms with Crippen molar-refractivity contribution in [2.24, 2.45) is 0 Å². The molecule has 0 amide bonds. The summed E-state index contributed by atoms with van der Waals surface area (Å²) in [6.45, 7) is 0. The van der Waals surface area contributed by atoms with Gasteiger partial charge in [0.15, 0.2) is 0 Å². The van der Waals surface area contributed by atoms with E-state index in [1.165, 1.54) is 0 Å². The van der Waals surface area contributed by atoms with Crippen LogP contribution in [0.3, 0.4) is 0 Å². The maximum atomic E-state index is 12.5. The monoisotopic (exact) mass is 171 g/mol. The molecule has 0 spiro atoms. The third-order valence-electron chi connectivity index (χ3n) is 1.23. The first-order valence-electron chi connectivity index (χ1n) is 3.06. The fraction of sp³-hybridized carbons (Fsp3) is 0. The molecule has 0 aliphatic rings. The molecule has 4 heteroatoms. The fourth-order valence-electron chi connectivity index (χ4n) is 0.755. The van der Waals surface area contributed by atoms with E-state index in [0.717, 1.165) is 12.1 Å². The van der Waals surface area contributed by atoms with Gasteiger partial charge in [0.1, 0.15) is 18.7 Å². The minimum atomic E-state index is -0.867. The fourth-order valence-corrected chi connectivity index (χ4v) is 0.755. The molecule has 1 aromatic carbocycles. The average molecular weight is 171 g/mol. The molecule has 0 fully saturated rings. The normalized spacial score (nSPS) is 9.58. The number of benzene rings is 1. The van der Waals surface area contributed by atoms with E-state index in [9.17, 15) is 13.6 Å². The van der Waals surface area contributed by atoms with E-state index < -0.39 is 17.6 Å². The summed E-state index contributed by atoms with van der Waals surface area (Å²) in [4.78, 5) is 10.7. The molecule has 0 heterocycles. The van der Waals surface area contributed by atoms with Crippen LogP contribution in [-0.4, -0.2) is 5.97 Å². The molecule has 0 N–H and O–H groups in total. The van der Waals surface area contributed by atoms with E-state index in [4.69, 9.17) is 0 Å². The molecule has 0 unspecified atom stereocenters. The van der Waals surface area contributed by atoms with Gasteiger partial charge in [-0.2, -0.15) is 0 Å². The van der Waals surface area contributed by atoms with E-state index in [0.29, 0.717) is 6.07 Å². The second-order valence-corrected chi connectivity index (χ2v) is 2.09. The number of hydrogen-bond donors (Lipinski definition) is 0. The summed E-state index contributed by atoms with van der Waals surface area (Å²) < 4.78 is 28.9. The van der Waals surface area contributed by atoms with Crippen molar-refractivity contribution in [3.05, 3.63) is 42.5 Å². The van der Waals surface area contributed by atoms with Gasteiger partial charge in [0.25, 0.3) is 0 Å². The molecule has 1 rings (SSSR count). The summed E-state index contributed by atoms with van der Waals surface area (Å²) in [5, 5.41) is 0. The van der Waals surface area contributed by atoms with E-state index in [2.05, 4.69) is 11.8 Å². The maximum absolute atomic E-state index is 12.5. The molecule has 1 aromatic rings. The van der Waals surface area contributed by atoms with Crippen molar-refractivity contribution >= 4 is 5.97 Å². The van der Waals surface area contributed by atoms with Crippen LogP contribution in [0.15, 0.2) is 18.2 Å². The van der Waals surface area contributed by atoms with Crippen molar-refractivity contribution < 1.29 is 18.3 Å². The summed E-state index contributed by atoms with van der Waals surface area (Å²) in [5.74, 6) is -2.51. The van der Waals surface area contributed by atoms with Crippen LogP contribution in [0.2, 0.25) is 0 Å². The molecular weight excluding hydrogens is 166 g/mol. The SMILES string of the molecule is [CH2]OC(=O)c1cc(F)cc(F)c1. The van der Waals surface area contributed by atoms with Gasteiger partial charge in [-0.05, 0) is 12.1 Å². The lowest BCUT2D eigenvalue weighted by Gasteiger charge is -1.98. The highest BCUT2D eigenvalue weighted by Crippen LogP contribution is 2.08. The van der Waals surface area contributed by atoms with E-state index in [1.54, 1.807) is 0 Å². The predicted octanol–water partition coefficient (Wildman–Crippen LogP) is 1.91. The molecule has 0 aromatic heterocycles. The highest BCUT2D eigenvalue weighted by Gasteiger charge is 2.08. The lowest BCUT2D eigenvalue weighted by atomic mass is 10.2. The second kappa shape index (κ2) is 3.30. The third kappa shape index (κ3) is 1.78. The van der Waals surface area contributed by atoms with Gasteiger partial charge in [-0.15, -0.1) is 0 Å². The van der Waals surface area contributed by atoms with Gasteiger partial charge in [-0.1, -0.05) is 0 Å². The number of halogens is 2. The standard InChI is InChI=1S/C8H5F2O2/c1-12-8(11)5-2-6(9)4-7(10)3-5/h2-4H,1H2. The molecule has 0 aliphatic heterocycles. The number of esters is 1. The zero-order valence-corrected chi connectivity index (χ0v) is 6.01. The Balaban J connectivity index is 3.08. The Kier molecular flexibility index (Phi) is 2.38. The lowest BCUT2D eigenvalue weighted by Crippen LogP contribution is -2.00. The van der Waals surface area contributed by atoms with Crippen LogP contribution in [0.5, 0.6) is 0 Å². The van der Waals surface area contributed by atoms with E-state index in [1.807, 2.05) is 0 Å². The van der Waals surface area contributed by atoms with Crippen LogP contribution in [0.4, 0.5) is 8.78 Å². The Labute approximate surface area is 67.8 Å². The zero-order chi connectivity index (χ0) is 9.14. The molecule has 0 atom stereocenters. The van der Waals surface area contributed by atoms with Gasteiger partial charge in [-0.25, -0.2) is 13.6 Å². The first kappa shape index (κ1) is 8.64. The van der Waals surface area contributed by atoms with E-state index in [-0.39, 0.29) is 5.56 Å². The predicted molar refractivity (Wildman–Crippen MR) is 37.1 cm³/mol. The van der Waals surface area contributed by atoms with E-state index >= 15 is 0 Å². The Hall–Kier alpha value is -1.45. The summed E-state index contributed by atoms with van der Waals surface area (Å²) >= 11 is 0. The molecule has 1 radical (unpaired) electrons. The summed E-state index contributed by atoms with van der Waals surface area (Å²) in [6.07, 6.45) is 0. The van der Waals surface area contributed by atoms with Crippen LogP contribution in [-0.2, 0) is 4.74 Å². The molecule has 0 saturated carbocycles. The summed E-state index contributed by atoms with van der Waals surface area (Å²) in [5.41, 5.74) is -0.192. The third-order valence-corrected chi connectivity index (χ3v) is 1.23. The molecule has 63 valence electrons. The van der Waals surface area contributed by atoms with Crippen LogP contribution in [0.25, 0.3) is 0 Å². The second-order valence-electron chi connectivity index (χ2n) is 2.09. The first-order chi connectivity index (χ1) is 5.63. The number of hydrogen-bond acceptors (Lipinski definition) is 2. The van der Waals surface area contributed by atoms with Crippen molar-refractivity contribution in [2.45, 2.75) is 0 Å². The molecule has 0 saturated heterocycles. The van der Waals surface area contributed by atoms with Crippen molar-refractivity contribution in [1.29, 1.82) is 0 Å². The first-order valence-corrected chi connectivity index (χ1v) is 3.06. The van der Waals surface area contributed by atoms with Crippen LogP contribution in [0.1, 0.15) is 10.4 Å². The largest absolute Gasteiger partial charge is 0.458 e. The van der Waals surface area contributed by atoms with Crippen LogP contribution in [0, 0.1) is 18.7 Å². The van der Waals surface area contributed by atoms with Gasteiger partial charge < -0.3 is 4.74 Å². The molecule has 0 aliphatic carbocycles. The maximum Gasteiger partial charge on any atom is 0.338 e. The van der Waals surface area contributed by atoms with Crippen molar-refractivity contribution in [3.63, 3.8) is 0 Å². The minimum absolute atomic E-state index is 0.192. The molecule has 12 heavy (non-hydrogen) atoms. The molecule has 0 bridgehead atoms. The quantitative estimate of drug-likeness (QED) is 0.603. The minimum Gasteiger partial charge on any atom is -0.458 e. The van der Waals surface area contributed by atoms with Gasteiger partial charge in [-0.3, -0.25) is 0 Å². The highest BCUT2D eigenvalue weighted by molar-refractivity contribution is 5.89. The van der Waals surface area contributed by atoms with Crippen molar-refractivity contribution in [1.82, 2.24) is 0 Å². The number of carbonyl (C=O) groups is 1. The Morgan fingerprint density at radius 2 is 1.75 bits per heavy atom. The van der Waals surface area contributed by atoms with Gasteiger partial charge in [0, 0.05) is 6.07 Å². The molecular formula is C8H5F2O2. The van der Waals surface area contributed by atoms with Gasteiger partial charge in [0.05, 0.1) is 5.56 Å². The Morgan fingerprint density at radius 1 is 1.25 bits per heavy atom. The Morgan fingerprint density at radius 3 is 2.17 bits per heavy atom. The van der Waals surface area contributed by atoms with Crippen molar-refractivity contribution in [2.75, 3.05) is 0 Å². The average Bonchev–Trinajstić information content (AvgIpc) is 2.01. The topological polar surface area (TPSA) is 26.3 Å². The van der Waals surface area contributed by atoms with Gasteiger partial charge >= 0.3 is 5.97 Å². The van der Waals surface area contributed by atoms with Crippen molar-refractivity contribution in [3.8, 4) is 0 Å².